The van der Waals surface area contributed by atoms with E-state index in [4.69, 9.17) is 15.9 Å². The molecule has 0 atom stereocenters. The first-order valence-electron chi connectivity index (χ1n) is 9.33. The number of nitrogens with two attached hydrogens (primary N) is 1. The smallest absolute Gasteiger partial charge is 0.153 e. The van der Waals surface area contributed by atoms with Gasteiger partial charge in [0.25, 0.3) is 0 Å². The standard InChI is InChI=1S/C20H30N4O4/c21-16-5-6-17(22-8-7-20(27)28)15(13-16)14-23-18-3-1-2-4-19(18)24(9-11-25)10-12-26/h1-6,13,20,22-23,25-28H,7-12,14,21H2. The summed E-state index contributed by atoms with van der Waals surface area (Å²) in [5.41, 5.74) is 10.2. The zero-order chi connectivity index (χ0) is 20.4. The van der Waals surface area contributed by atoms with E-state index in [0.717, 1.165) is 22.6 Å². The zero-order valence-corrected chi connectivity index (χ0v) is 15.9. The Balaban J connectivity index is 2.14. The van der Waals surface area contributed by atoms with E-state index < -0.39 is 6.29 Å². The molecular weight excluding hydrogens is 360 g/mol. The van der Waals surface area contributed by atoms with Gasteiger partial charge in [0.2, 0.25) is 0 Å². The molecule has 0 saturated carbocycles. The third kappa shape index (κ3) is 6.58. The monoisotopic (exact) mass is 390 g/mol. The van der Waals surface area contributed by atoms with Crippen molar-refractivity contribution in [2.75, 3.05) is 54.1 Å². The van der Waals surface area contributed by atoms with E-state index in [1.54, 1.807) is 6.07 Å². The number of aliphatic hydroxyl groups is 4. The molecule has 0 amide bonds. The van der Waals surface area contributed by atoms with E-state index in [-0.39, 0.29) is 19.6 Å². The van der Waals surface area contributed by atoms with Gasteiger partial charge < -0.3 is 41.7 Å². The zero-order valence-electron chi connectivity index (χ0n) is 15.9. The lowest BCUT2D eigenvalue weighted by atomic mass is 10.1. The van der Waals surface area contributed by atoms with Gasteiger partial charge in [0.15, 0.2) is 6.29 Å². The van der Waals surface area contributed by atoms with E-state index in [1.807, 2.05) is 41.3 Å². The molecular formula is C20H30N4O4. The average Bonchev–Trinajstić information content (AvgIpc) is 2.67. The van der Waals surface area contributed by atoms with E-state index >= 15 is 0 Å². The molecule has 0 heterocycles. The third-order valence-corrected chi connectivity index (χ3v) is 4.30. The summed E-state index contributed by atoms with van der Waals surface area (Å²) in [5.74, 6) is 0. The quantitative estimate of drug-likeness (QED) is 0.209. The summed E-state index contributed by atoms with van der Waals surface area (Å²) in [6.45, 7) is 1.76. The van der Waals surface area contributed by atoms with Gasteiger partial charge in [-0.3, -0.25) is 0 Å². The van der Waals surface area contributed by atoms with Crippen LogP contribution >= 0.6 is 0 Å². The highest BCUT2D eigenvalue weighted by atomic mass is 16.5. The lowest BCUT2D eigenvalue weighted by Crippen LogP contribution is -2.30. The molecule has 0 radical (unpaired) electrons. The fraction of sp³-hybridized carbons (Fsp3) is 0.400. The second-order valence-electron chi connectivity index (χ2n) is 6.42. The number of para-hydroxylation sites is 2. The van der Waals surface area contributed by atoms with Crippen LogP contribution in [0.1, 0.15) is 12.0 Å². The van der Waals surface area contributed by atoms with Crippen molar-refractivity contribution in [2.45, 2.75) is 19.3 Å². The van der Waals surface area contributed by atoms with Crippen LogP contribution in [-0.2, 0) is 6.54 Å². The Bertz CT molecular complexity index is 721. The highest BCUT2D eigenvalue weighted by Gasteiger charge is 2.11. The predicted molar refractivity (Wildman–Crippen MR) is 112 cm³/mol. The van der Waals surface area contributed by atoms with Crippen molar-refractivity contribution in [3.05, 3.63) is 48.0 Å². The van der Waals surface area contributed by atoms with Crippen LogP contribution in [0.3, 0.4) is 0 Å². The van der Waals surface area contributed by atoms with Crippen molar-refractivity contribution >= 4 is 22.7 Å². The summed E-state index contributed by atoms with van der Waals surface area (Å²) in [5, 5.41) is 43.2. The second kappa shape index (κ2) is 11.4. The average molecular weight is 390 g/mol. The van der Waals surface area contributed by atoms with Gasteiger partial charge in [0, 0.05) is 44.0 Å². The lowest BCUT2D eigenvalue weighted by molar-refractivity contribution is -0.0423. The molecule has 2 aromatic carbocycles. The summed E-state index contributed by atoms with van der Waals surface area (Å²) in [7, 11) is 0. The molecule has 8 heteroatoms. The van der Waals surface area contributed by atoms with E-state index in [9.17, 15) is 10.2 Å². The minimum atomic E-state index is -1.35. The number of hydrogen-bond acceptors (Lipinski definition) is 8. The number of nitrogens with zero attached hydrogens (tertiary/aromatic N) is 1. The SMILES string of the molecule is Nc1ccc(NCCC(O)O)c(CNc2ccccc2N(CCO)CCO)c1. The summed E-state index contributed by atoms with van der Waals surface area (Å²) >= 11 is 0. The lowest BCUT2D eigenvalue weighted by Gasteiger charge is -2.26. The van der Waals surface area contributed by atoms with Crippen molar-refractivity contribution in [3.63, 3.8) is 0 Å². The van der Waals surface area contributed by atoms with E-state index in [0.29, 0.717) is 31.9 Å². The number of benzene rings is 2. The van der Waals surface area contributed by atoms with Gasteiger partial charge in [-0.25, -0.2) is 0 Å². The third-order valence-electron chi connectivity index (χ3n) is 4.30. The maximum atomic E-state index is 9.31. The summed E-state index contributed by atoms with van der Waals surface area (Å²) in [6.07, 6.45) is -1.13. The Morgan fingerprint density at radius 3 is 2.32 bits per heavy atom. The molecule has 0 aliphatic heterocycles. The second-order valence-corrected chi connectivity index (χ2v) is 6.42. The summed E-state index contributed by atoms with van der Waals surface area (Å²) < 4.78 is 0. The number of nitrogens with one attached hydrogen (secondary N) is 2. The van der Waals surface area contributed by atoms with E-state index in [2.05, 4.69) is 10.6 Å². The van der Waals surface area contributed by atoms with Crippen molar-refractivity contribution in [1.29, 1.82) is 0 Å². The van der Waals surface area contributed by atoms with Crippen molar-refractivity contribution in [2.24, 2.45) is 0 Å². The van der Waals surface area contributed by atoms with Crippen LogP contribution in [0.2, 0.25) is 0 Å². The molecule has 2 rings (SSSR count). The molecule has 154 valence electrons. The van der Waals surface area contributed by atoms with Gasteiger partial charge in [-0.05, 0) is 35.9 Å². The first-order valence-corrected chi connectivity index (χ1v) is 9.33. The molecule has 0 aliphatic rings. The fourth-order valence-corrected chi connectivity index (χ4v) is 2.95. The molecule has 28 heavy (non-hydrogen) atoms. The number of anilines is 4. The molecule has 8 N–H and O–H groups in total. The Morgan fingerprint density at radius 2 is 1.64 bits per heavy atom. The molecule has 0 spiro atoms. The van der Waals surface area contributed by atoms with Crippen LogP contribution in [-0.4, -0.2) is 59.6 Å². The molecule has 8 nitrogen and oxygen atoms in total. The molecule has 0 saturated heterocycles. The molecule has 0 aliphatic carbocycles. The summed E-state index contributed by atoms with van der Waals surface area (Å²) in [6, 6.07) is 13.2. The minimum Gasteiger partial charge on any atom is -0.399 e. The van der Waals surface area contributed by atoms with Crippen molar-refractivity contribution < 1.29 is 20.4 Å². The molecule has 0 unspecified atom stereocenters. The van der Waals surface area contributed by atoms with Gasteiger partial charge in [0.05, 0.1) is 24.6 Å². The first-order chi connectivity index (χ1) is 13.5. The van der Waals surface area contributed by atoms with Gasteiger partial charge >= 0.3 is 0 Å². The molecule has 2 aromatic rings. The maximum absolute atomic E-state index is 9.31. The van der Waals surface area contributed by atoms with Gasteiger partial charge in [-0.2, -0.15) is 0 Å². The van der Waals surface area contributed by atoms with Crippen molar-refractivity contribution in [3.8, 4) is 0 Å². The molecule has 0 aromatic heterocycles. The van der Waals surface area contributed by atoms with Gasteiger partial charge in [-0.15, -0.1) is 0 Å². The minimum absolute atomic E-state index is 0.00563. The fourth-order valence-electron chi connectivity index (χ4n) is 2.95. The summed E-state index contributed by atoms with van der Waals surface area (Å²) in [4.78, 5) is 1.92. The normalized spacial score (nSPS) is 10.9. The highest BCUT2D eigenvalue weighted by molar-refractivity contribution is 5.70. The van der Waals surface area contributed by atoms with Crippen LogP contribution in [0.15, 0.2) is 42.5 Å². The molecule has 0 fully saturated rings. The van der Waals surface area contributed by atoms with Gasteiger partial charge in [0.1, 0.15) is 0 Å². The largest absolute Gasteiger partial charge is 0.399 e. The number of rotatable bonds is 12. The van der Waals surface area contributed by atoms with Gasteiger partial charge in [-0.1, -0.05) is 12.1 Å². The van der Waals surface area contributed by atoms with Crippen molar-refractivity contribution in [1.82, 2.24) is 0 Å². The maximum Gasteiger partial charge on any atom is 0.153 e. The van der Waals surface area contributed by atoms with Crippen LogP contribution in [0.5, 0.6) is 0 Å². The van der Waals surface area contributed by atoms with Crippen LogP contribution in [0, 0.1) is 0 Å². The Labute approximate surface area is 165 Å². The number of aliphatic hydroxyl groups excluding tert-OH is 3. The Morgan fingerprint density at radius 1 is 0.929 bits per heavy atom. The topological polar surface area (TPSA) is 134 Å². The first kappa shape index (κ1) is 21.8. The Hall–Kier alpha value is -2.52. The van der Waals surface area contributed by atoms with Crippen LogP contribution in [0.4, 0.5) is 22.7 Å². The van der Waals surface area contributed by atoms with E-state index in [1.165, 1.54) is 0 Å². The highest BCUT2D eigenvalue weighted by Crippen LogP contribution is 2.27. The molecule has 0 bridgehead atoms. The van der Waals surface area contributed by atoms with Crippen LogP contribution in [0.25, 0.3) is 0 Å². The Kier molecular flexibility index (Phi) is 8.83. The number of nitrogen functional groups attached to an aromatic ring is 1. The van der Waals surface area contributed by atoms with Crippen LogP contribution < -0.4 is 21.3 Å². The number of hydrogen-bond donors (Lipinski definition) is 7. The predicted octanol–water partition coefficient (Wildman–Crippen LogP) is 0.785.